The molecule has 2 aliphatic rings. The van der Waals surface area contributed by atoms with Gasteiger partial charge in [0, 0.05) is 12.1 Å². The molecule has 0 bridgehead atoms. The number of nitrogens with one attached hydrogen (secondary N) is 2. The molecule has 1 saturated heterocycles. The van der Waals surface area contributed by atoms with Crippen LogP contribution < -0.4 is 10.6 Å². The molecule has 7 heteroatoms. The fourth-order valence-electron chi connectivity index (χ4n) is 3.44. The van der Waals surface area contributed by atoms with E-state index in [4.69, 9.17) is 0 Å². The topological polar surface area (TPSA) is 88.2 Å². The quantitative estimate of drug-likeness (QED) is 0.812. The zero-order valence-corrected chi connectivity index (χ0v) is 14.6. The smallest absolute Gasteiger partial charge is 0.270 e. The van der Waals surface area contributed by atoms with Crippen molar-refractivity contribution in [2.45, 2.75) is 57.0 Å². The van der Waals surface area contributed by atoms with Gasteiger partial charge in [0.05, 0.1) is 23.4 Å². The lowest BCUT2D eigenvalue weighted by atomic mass is 10.1. The van der Waals surface area contributed by atoms with Gasteiger partial charge in [-0.2, -0.15) is 0 Å². The first kappa shape index (κ1) is 17.2. The first-order valence-electron chi connectivity index (χ1n) is 8.76. The largest absolute Gasteiger partial charge is 0.380 e. The molecule has 1 aliphatic carbocycles. The van der Waals surface area contributed by atoms with Gasteiger partial charge in [0.1, 0.15) is 5.69 Å². The Morgan fingerprint density at radius 1 is 1.04 bits per heavy atom. The SMILES string of the molecule is O=C(NC1CCCCCC1)c1ccc(NC2CCS(=O)(=O)C2)cn1. The summed E-state index contributed by atoms with van der Waals surface area (Å²) in [7, 11) is -2.90. The molecular formula is C17H25N3O3S. The van der Waals surface area contributed by atoms with Crippen molar-refractivity contribution >= 4 is 21.4 Å². The molecule has 2 N–H and O–H groups in total. The molecule has 0 radical (unpaired) electrons. The summed E-state index contributed by atoms with van der Waals surface area (Å²) in [4.78, 5) is 16.5. The summed E-state index contributed by atoms with van der Waals surface area (Å²) in [5.74, 6) is 0.272. The highest BCUT2D eigenvalue weighted by atomic mass is 32.2. The van der Waals surface area contributed by atoms with Gasteiger partial charge in [0.2, 0.25) is 0 Å². The van der Waals surface area contributed by atoms with Crippen LogP contribution in [0.25, 0.3) is 0 Å². The van der Waals surface area contributed by atoms with Crippen LogP contribution in [0.2, 0.25) is 0 Å². The molecule has 1 unspecified atom stereocenters. The summed E-state index contributed by atoms with van der Waals surface area (Å²) in [6.45, 7) is 0. The first-order valence-corrected chi connectivity index (χ1v) is 10.6. The van der Waals surface area contributed by atoms with Crippen molar-refractivity contribution in [2.75, 3.05) is 16.8 Å². The van der Waals surface area contributed by atoms with Crippen molar-refractivity contribution in [3.05, 3.63) is 24.0 Å². The second-order valence-corrected chi connectivity index (χ2v) is 9.07. The van der Waals surface area contributed by atoms with E-state index in [0.29, 0.717) is 12.1 Å². The van der Waals surface area contributed by atoms with Gasteiger partial charge in [-0.05, 0) is 31.4 Å². The molecule has 0 spiro atoms. The number of nitrogens with zero attached hydrogens (tertiary/aromatic N) is 1. The van der Waals surface area contributed by atoms with Crippen molar-refractivity contribution in [3.8, 4) is 0 Å². The molecular weight excluding hydrogens is 326 g/mol. The molecule has 1 aromatic heterocycles. The highest BCUT2D eigenvalue weighted by molar-refractivity contribution is 7.91. The third kappa shape index (κ3) is 4.69. The second-order valence-electron chi connectivity index (χ2n) is 6.84. The van der Waals surface area contributed by atoms with Crippen LogP contribution in [0.5, 0.6) is 0 Å². The number of aromatic nitrogens is 1. The van der Waals surface area contributed by atoms with E-state index >= 15 is 0 Å². The monoisotopic (exact) mass is 351 g/mol. The maximum atomic E-state index is 12.3. The molecule has 24 heavy (non-hydrogen) atoms. The molecule has 3 rings (SSSR count). The van der Waals surface area contributed by atoms with Gasteiger partial charge < -0.3 is 10.6 Å². The number of anilines is 1. The maximum Gasteiger partial charge on any atom is 0.270 e. The Kier molecular flexibility index (Phi) is 5.38. The zero-order chi connectivity index (χ0) is 17.0. The normalized spacial score (nSPS) is 24.2. The van der Waals surface area contributed by atoms with Crippen molar-refractivity contribution < 1.29 is 13.2 Å². The molecule has 1 saturated carbocycles. The highest BCUT2D eigenvalue weighted by Crippen LogP contribution is 2.19. The minimum Gasteiger partial charge on any atom is -0.380 e. The van der Waals surface area contributed by atoms with Crippen molar-refractivity contribution in [3.63, 3.8) is 0 Å². The lowest BCUT2D eigenvalue weighted by Gasteiger charge is -2.16. The highest BCUT2D eigenvalue weighted by Gasteiger charge is 2.27. The Hall–Kier alpha value is -1.63. The Bertz CT molecular complexity index is 665. The molecule has 6 nitrogen and oxygen atoms in total. The predicted octanol–water partition coefficient (Wildman–Crippen LogP) is 2.13. The number of sulfone groups is 1. The summed E-state index contributed by atoms with van der Waals surface area (Å²) in [5.41, 5.74) is 1.16. The number of hydrogen-bond acceptors (Lipinski definition) is 5. The van der Waals surface area contributed by atoms with E-state index in [0.717, 1.165) is 18.5 Å². The molecule has 0 aromatic carbocycles. The van der Waals surface area contributed by atoms with Gasteiger partial charge >= 0.3 is 0 Å². The Morgan fingerprint density at radius 3 is 2.38 bits per heavy atom. The standard InChI is InChI=1S/C17H25N3O3S/c21-17(20-13-5-3-1-2-4-6-13)16-8-7-14(11-18-16)19-15-9-10-24(22,23)12-15/h7-8,11,13,15,19H,1-6,9-10,12H2,(H,20,21). The van der Waals surface area contributed by atoms with Gasteiger partial charge in [-0.3, -0.25) is 4.79 Å². The summed E-state index contributed by atoms with van der Waals surface area (Å²) < 4.78 is 23.0. The number of pyridine rings is 1. The number of rotatable bonds is 4. The van der Waals surface area contributed by atoms with Gasteiger partial charge in [0.25, 0.3) is 5.91 Å². The van der Waals surface area contributed by atoms with Crippen molar-refractivity contribution in [2.24, 2.45) is 0 Å². The summed E-state index contributed by atoms with van der Waals surface area (Å²) >= 11 is 0. The third-order valence-electron chi connectivity index (χ3n) is 4.79. The van der Waals surface area contributed by atoms with Gasteiger partial charge in [0.15, 0.2) is 9.84 Å². The van der Waals surface area contributed by atoms with E-state index in [9.17, 15) is 13.2 Å². The number of hydrogen-bond donors (Lipinski definition) is 2. The lowest BCUT2D eigenvalue weighted by Crippen LogP contribution is -2.34. The Labute approximate surface area is 143 Å². The van der Waals surface area contributed by atoms with Crippen LogP contribution in [0.4, 0.5) is 5.69 Å². The van der Waals surface area contributed by atoms with E-state index < -0.39 is 9.84 Å². The van der Waals surface area contributed by atoms with Crippen LogP contribution in [-0.4, -0.2) is 42.9 Å². The van der Waals surface area contributed by atoms with Crippen LogP contribution in [0.3, 0.4) is 0 Å². The second kappa shape index (κ2) is 7.51. The minimum absolute atomic E-state index is 0.0672. The van der Waals surface area contributed by atoms with Crippen molar-refractivity contribution in [1.82, 2.24) is 10.3 Å². The molecule has 2 heterocycles. The first-order chi connectivity index (χ1) is 11.5. The Balaban J connectivity index is 1.54. The van der Waals surface area contributed by atoms with E-state index in [1.54, 1.807) is 18.3 Å². The van der Waals surface area contributed by atoms with Crippen LogP contribution in [0.1, 0.15) is 55.4 Å². The average molecular weight is 351 g/mol. The predicted molar refractivity (Wildman–Crippen MR) is 93.9 cm³/mol. The zero-order valence-electron chi connectivity index (χ0n) is 13.8. The fourth-order valence-corrected chi connectivity index (χ4v) is 5.11. The number of amides is 1. The average Bonchev–Trinajstić information content (AvgIpc) is 2.75. The molecule has 1 aromatic rings. The molecule has 2 fully saturated rings. The maximum absolute atomic E-state index is 12.3. The van der Waals surface area contributed by atoms with Crippen LogP contribution in [-0.2, 0) is 9.84 Å². The summed E-state index contributed by atoms with van der Waals surface area (Å²) in [5, 5.41) is 6.26. The van der Waals surface area contributed by atoms with Crippen LogP contribution in [0.15, 0.2) is 18.3 Å². The molecule has 132 valence electrons. The van der Waals surface area contributed by atoms with Crippen LogP contribution >= 0.6 is 0 Å². The van der Waals surface area contributed by atoms with E-state index in [-0.39, 0.29) is 29.5 Å². The van der Waals surface area contributed by atoms with Crippen LogP contribution in [0, 0.1) is 0 Å². The molecule has 1 amide bonds. The van der Waals surface area contributed by atoms with Gasteiger partial charge in [-0.15, -0.1) is 0 Å². The van der Waals surface area contributed by atoms with E-state index in [1.165, 1.54) is 25.7 Å². The van der Waals surface area contributed by atoms with Gasteiger partial charge in [-0.1, -0.05) is 25.7 Å². The fraction of sp³-hybridized carbons (Fsp3) is 0.647. The molecule has 1 atom stereocenters. The number of carbonyl (C=O) groups is 1. The van der Waals surface area contributed by atoms with E-state index in [2.05, 4.69) is 15.6 Å². The summed E-state index contributed by atoms with van der Waals surface area (Å²) in [6, 6.07) is 3.67. The Morgan fingerprint density at radius 2 is 1.79 bits per heavy atom. The van der Waals surface area contributed by atoms with Gasteiger partial charge in [-0.25, -0.2) is 13.4 Å². The lowest BCUT2D eigenvalue weighted by molar-refractivity contribution is 0.0928. The van der Waals surface area contributed by atoms with E-state index in [1.807, 2.05) is 0 Å². The summed E-state index contributed by atoms with van der Waals surface area (Å²) in [6.07, 6.45) is 9.16. The third-order valence-corrected chi connectivity index (χ3v) is 6.56. The minimum atomic E-state index is -2.90. The van der Waals surface area contributed by atoms with Crippen molar-refractivity contribution in [1.29, 1.82) is 0 Å². The number of carbonyl (C=O) groups excluding carboxylic acids is 1. The molecule has 1 aliphatic heterocycles.